The number of ether oxygens (including phenoxy) is 1. The summed E-state index contributed by atoms with van der Waals surface area (Å²) in [5.41, 5.74) is 3.15. The Labute approximate surface area is 300 Å². The SMILES string of the molecule is C/C(=C\c1cccc(N2CCN(CCO)CC2)c1)[C@@H](C=O)[C@@H](C)/C=C/[C@H](OC(=O)N1CCC(N2CCCCC2)CC1)[C@@H](C)CC[C@@H](O)CC=O. The number of piperidine rings is 2. The van der Waals surface area contributed by atoms with Crippen LogP contribution in [0.15, 0.2) is 42.0 Å². The van der Waals surface area contributed by atoms with Gasteiger partial charge in [-0.2, -0.15) is 0 Å². The normalized spacial score (nSPS) is 21.8. The summed E-state index contributed by atoms with van der Waals surface area (Å²) in [6.07, 6.45) is 13.0. The summed E-state index contributed by atoms with van der Waals surface area (Å²) >= 11 is 0. The van der Waals surface area contributed by atoms with E-state index in [4.69, 9.17) is 4.74 Å². The van der Waals surface area contributed by atoms with Gasteiger partial charge in [0, 0.05) is 69.9 Å². The molecule has 10 heteroatoms. The number of piperazine rings is 1. The Hall–Kier alpha value is -3.05. The van der Waals surface area contributed by atoms with Gasteiger partial charge in [0.15, 0.2) is 0 Å². The van der Waals surface area contributed by atoms with Crippen LogP contribution in [0.4, 0.5) is 10.5 Å². The second kappa shape index (κ2) is 20.7. The number of allylic oxidation sites excluding steroid dienone is 2. The average Bonchev–Trinajstić information content (AvgIpc) is 3.13. The second-order valence-electron chi connectivity index (χ2n) is 14.7. The lowest BCUT2D eigenvalue weighted by atomic mass is 9.86. The van der Waals surface area contributed by atoms with E-state index in [2.05, 4.69) is 45.0 Å². The van der Waals surface area contributed by atoms with Gasteiger partial charge in [0.1, 0.15) is 18.7 Å². The zero-order valence-corrected chi connectivity index (χ0v) is 30.7. The molecule has 3 aliphatic rings. The molecule has 0 saturated carbocycles. The number of carbonyl (C=O) groups excluding carboxylic acids is 3. The van der Waals surface area contributed by atoms with Crippen molar-refractivity contribution in [2.45, 2.75) is 90.4 Å². The number of carbonyl (C=O) groups is 3. The highest BCUT2D eigenvalue weighted by Crippen LogP contribution is 2.27. The summed E-state index contributed by atoms with van der Waals surface area (Å²) in [7, 11) is 0. The zero-order chi connectivity index (χ0) is 35.9. The molecule has 0 aliphatic carbocycles. The maximum Gasteiger partial charge on any atom is 0.410 e. The quantitative estimate of drug-likeness (QED) is 0.171. The van der Waals surface area contributed by atoms with E-state index < -0.39 is 12.2 Å². The van der Waals surface area contributed by atoms with Crippen LogP contribution in [0.1, 0.15) is 77.7 Å². The molecule has 3 saturated heterocycles. The van der Waals surface area contributed by atoms with Gasteiger partial charge in [-0.3, -0.25) is 4.90 Å². The van der Waals surface area contributed by atoms with E-state index in [0.29, 0.717) is 38.5 Å². The molecule has 4 rings (SSSR count). The maximum absolute atomic E-state index is 13.4. The third kappa shape index (κ3) is 12.0. The lowest BCUT2D eigenvalue weighted by Crippen LogP contribution is -2.48. The van der Waals surface area contributed by atoms with Crippen molar-refractivity contribution < 1.29 is 29.3 Å². The highest BCUT2D eigenvalue weighted by molar-refractivity contribution is 5.68. The molecule has 0 spiro atoms. The van der Waals surface area contributed by atoms with Crippen molar-refractivity contribution in [1.82, 2.24) is 14.7 Å². The van der Waals surface area contributed by atoms with Crippen LogP contribution in [0.5, 0.6) is 0 Å². The van der Waals surface area contributed by atoms with E-state index in [-0.39, 0.29) is 36.9 Å². The van der Waals surface area contributed by atoms with Gasteiger partial charge in [0.05, 0.1) is 12.7 Å². The van der Waals surface area contributed by atoms with Crippen molar-refractivity contribution >= 4 is 30.4 Å². The minimum atomic E-state index is -0.718. The summed E-state index contributed by atoms with van der Waals surface area (Å²) in [4.78, 5) is 45.9. The number of β-amino-alcohol motifs (C(OH)–C–C–N with tert-alkyl or cyclic N) is 1. The molecule has 3 heterocycles. The highest BCUT2D eigenvalue weighted by atomic mass is 16.6. The van der Waals surface area contributed by atoms with Gasteiger partial charge >= 0.3 is 6.09 Å². The molecule has 0 unspecified atom stereocenters. The molecule has 0 radical (unpaired) electrons. The maximum atomic E-state index is 13.4. The minimum absolute atomic E-state index is 0.0887. The molecule has 0 bridgehead atoms. The number of anilines is 1. The Kier molecular flexibility index (Phi) is 16.5. The summed E-state index contributed by atoms with van der Waals surface area (Å²) in [5, 5.41) is 19.5. The van der Waals surface area contributed by atoms with E-state index in [1.54, 1.807) is 0 Å². The lowest BCUT2D eigenvalue weighted by molar-refractivity contribution is -0.111. The van der Waals surface area contributed by atoms with Gasteiger partial charge in [-0.1, -0.05) is 50.1 Å². The van der Waals surface area contributed by atoms with Gasteiger partial charge in [0.2, 0.25) is 0 Å². The fourth-order valence-electron chi connectivity index (χ4n) is 7.67. The van der Waals surface area contributed by atoms with Crippen LogP contribution in [-0.2, 0) is 14.3 Å². The number of hydrogen-bond donors (Lipinski definition) is 2. The molecule has 2 N–H and O–H groups in total. The third-order valence-electron chi connectivity index (χ3n) is 11.0. The highest BCUT2D eigenvalue weighted by Gasteiger charge is 2.30. The average molecular weight is 695 g/mol. The zero-order valence-electron chi connectivity index (χ0n) is 30.7. The van der Waals surface area contributed by atoms with Gasteiger partial charge in [-0.25, -0.2) is 4.79 Å². The second-order valence-corrected chi connectivity index (χ2v) is 14.7. The van der Waals surface area contributed by atoms with Crippen molar-refractivity contribution in [2.24, 2.45) is 17.8 Å². The Morgan fingerprint density at radius 1 is 0.960 bits per heavy atom. The molecule has 3 aliphatic heterocycles. The fourth-order valence-corrected chi connectivity index (χ4v) is 7.67. The summed E-state index contributed by atoms with van der Waals surface area (Å²) in [5.74, 6) is -0.582. The Bertz CT molecular complexity index is 1250. The lowest BCUT2D eigenvalue weighted by Gasteiger charge is -2.40. The number of aliphatic hydroxyl groups excluding tert-OH is 2. The number of hydrogen-bond acceptors (Lipinski definition) is 9. The van der Waals surface area contributed by atoms with Crippen molar-refractivity contribution in [3.63, 3.8) is 0 Å². The molecule has 0 aromatic heterocycles. The fraction of sp³-hybridized carbons (Fsp3) is 0.675. The number of rotatable bonds is 17. The molecule has 3 fully saturated rings. The first kappa shape index (κ1) is 39.7. The number of aliphatic hydroxyl groups is 2. The van der Waals surface area contributed by atoms with Gasteiger partial charge in [-0.05, 0) is 94.1 Å². The molecule has 1 aromatic rings. The number of aldehydes is 2. The van der Waals surface area contributed by atoms with Crippen molar-refractivity contribution in [2.75, 3.05) is 70.4 Å². The van der Waals surface area contributed by atoms with Crippen LogP contribution in [0.3, 0.4) is 0 Å². The smallest absolute Gasteiger partial charge is 0.410 e. The molecule has 5 atom stereocenters. The summed E-state index contributed by atoms with van der Waals surface area (Å²) in [6.45, 7) is 14.2. The number of nitrogens with zero attached hydrogens (tertiary/aromatic N) is 4. The molecule has 1 amide bonds. The van der Waals surface area contributed by atoms with E-state index in [9.17, 15) is 24.6 Å². The molecule has 1 aromatic carbocycles. The van der Waals surface area contributed by atoms with Crippen LogP contribution < -0.4 is 4.90 Å². The van der Waals surface area contributed by atoms with E-state index in [1.165, 1.54) is 19.3 Å². The van der Waals surface area contributed by atoms with Crippen LogP contribution in [0.25, 0.3) is 6.08 Å². The minimum Gasteiger partial charge on any atom is -0.442 e. The van der Waals surface area contributed by atoms with Crippen LogP contribution in [0.2, 0.25) is 0 Å². The van der Waals surface area contributed by atoms with Crippen LogP contribution in [-0.4, -0.2) is 127 Å². The topological polar surface area (TPSA) is 114 Å². The number of amides is 1. The van der Waals surface area contributed by atoms with Gasteiger partial charge in [-0.15, -0.1) is 0 Å². The standard InChI is InChI=1S/C40H62N4O6/c1-31(38(30-47)33(3)28-34-8-7-9-36(29-34)43-23-21-41(22-24-43)25-27-46)11-13-39(32(2)10-12-37(48)16-26-45)50-40(49)44-19-14-35(15-20-44)42-17-5-4-6-18-42/h7-9,11,13,26,28-32,35,37-39,46,48H,4-6,10,12,14-25,27H2,1-3H3/b13-11+,33-28+/t31-,32-,37+,38-,39-/m0/s1. The van der Waals surface area contributed by atoms with E-state index in [0.717, 1.165) is 81.5 Å². The molecular weight excluding hydrogens is 632 g/mol. The van der Waals surface area contributed by atoms with Gasteiger partial charge in [0.25, 0.3) is 0 Å². The number of benzene rings is 1. The van der Waals surface area contributed by atoms with Crippen LogP contribution in [0, 0.1) is 17.8 Å². The molecule has 10 nitrogen and oxygen atoms in total. The molecule has 278 valence electrons. The van der Waals surface area contributed by atoms with Crippen LogP contribution >= 0.6 is 0 Å². The Balaban J connectivity index is 1.40. The predicted octanol–water partition coefficient (Wildman–Crippen LogP) is 5.03. The predicted molar refractivity (Wildman–Crippen MR) is 199 cm³/mol. The Morgan fingerprint density at radius 2 is 1.68 bits per heavy atom. The Morgan fingerprint density at radius 3 is 2.34 bits per heavy atom. The first-order valence-corrected chi connectivity index (χ1v) is 19.0. The summed E-state index contributed by atoms with van der Waals surface area (Å²) in [6, 6.07) is 8.92. The third-order valence-corrected chi connectivity index (χ3v) is 11.0. The first-order chi connectivity index (χ1) is 24.2. The van der Waals surface area contributed by atoms with Crippen molar-refractivity contribution in [3.05, 3.63) is 47.6 Å². The van der Waals surface area contributed by atoms with E-state index in [1.807, 2.05) is 37.8 Å². The largest absolute Gasteiger partial charge is 0.442 e. The monoisotopic (exact) mass is 694 g/mol. The first-order valence-electron chi connectivity index (χ1n) is 19.0. The van der Waals surface area contributed by atoms with E-state index >= 15 is 0 Å². The molecular formula is C40H62N4O6. The molecule has 50 heavy (non-hydrogen) atoms. The van der Waals surface area contributed by atoms with Gasteiger partial charge < -0.3 is 39.2 Å². The van der Waals surface area contributed by atoms with Crippen molar-refractivity contribution in [1.29, 1.82) is 0 Å². The number of likely N-dealkylation sites (tertiary alicyclic amines) is 2. The van der Waals surface area contributed by atoms with Crippen molar-refractivity contribution in [3.8, 4) is 0 Å². The summed E-state index contributed by atoms with van der Waals surface area (Å²) < 4.78 is 6.15.